The van der Waals surface area contributed by atoms with Crippen molar-refractivity contribution in [2.75, 3.05) is 0 Å². The van der Waals surface area contributed by atoms with Crippen molar-refractivity contribution in [3.05, 3.63) is 46.2 Å². The normalized spacial score (nSPS) is 10.8. The van der Waals surface area contributed by atoms with E-state index >= 15 is 0 Å². The molecule has 0 radical (unpaired) electrons. The molecule has 0 fully saturated rings. The summed E-state index contributed by atoms with van der Waals surface area (Å²) in [6, 6.07) is 6.13. The highest BCUT2D eigenvalue weighted by molar-refractivity contribution is 7.05. The van der Waals surface area contributed by atoms with Crippen molar-refractivity contribution in [1.29, 1.82) is 0 Å². The van der Waals surface area contributed by atoms with E-state index in [-0.39, 0.29) is 5.69 Å². The zero-order valence-corrected chi connectivity index (χ0v) is 10.2. The van der Waals surface area contributed by atoms with Crippen LogP contribution in [0.25, 0.3) is 0 Å². The topological polar surface area (TPSA) is 67.2 Å². The second-order valence-corrected chi connectivity index (χ2v) is 4.36. The molecule has 1 amide bonds. The maximum Gasteiger partial charge on any atom is 0.293 e. The Morgan fingerprint density at radius 2 is 2.28 bits per heavy atom. The third-order valence-corrected chi connectivity index (χ3v) is 2.77. The van der Waals surface area contributed by atoms with Crippen LogP contribution in [0.5, 0.6) is 0 Å². The van der Waals surface area contributed by atoms with Crippen molar-refractivity contribution in [1.82, 2.24) is 15.0 Å². The van der Waals surface area contributed by atoms with Crippen LogP contribution in [0, 0.1) is 12.7 Å². The highest BCUT2D eigenvalue weighted by atomic mass is 32.1. The number of amides is 1. The molecule has 2 rings (SSSR count). The lowest BCUT2D eigenvalue weighted by Gasteiger charge is -1.97. The molecule has 1 aromatic carbocycles. The maximum atomic E-state index is 13.2. The van der Waals surface area contributed by atoms with Crippen molar-refractivity contribution in [2.24, 2.45) is 5.10 Å². The first-order chi connectivity index (χ1) is 8.68. The van der Waals surface area contributed by atoms with E-state index in [2.05, 4.69) is 20.1 Å². The van der Waals surface area contributed by atoms with E-state index < -0.39 is 11.7 Å². The number of carbonyl (C=O) groups excluding carboxylic acids is 1. The highest BCUT2D eigenvalue weighted by Gasteiger charge is 2.11. The summed E-state index contributed by atoms with van der Waals surface area (Å²) in [6.07, 6.45) is 1.24. The number of nitrogens with zero attached hydrogens (tertiary/aromatic N) is 3. The van der Waals surface area contributed by atoms with Crippen LogP contribution in [0.4, 0.5) is 4.39 Å². The summed E-state index contributed by atoms with van der Waals surface area (Å²) in [5.41, 5.74) is 2.79. The van der Waals surface area contributed by atoms with Gasteiger partial charge in [0.05, 0.1) is 11.1 Å². The van der Waals surface area contributed by atoms with Crippen LogP contribution in [0.1, 0.15) is 20.9 Å². The summed E-state index contributed by atoms with van der Waals surface area (Å²) < 4.78 is 16.9. The number of hydrogen-bond donors (Lipinski definition) is 1. The van der Waals surface area contributed by atoms with Gasteiger partial charge in [-0.3, -0.25) is 4.79 Å². The van der Waals surface area contributed by atoms with Crippen molar-refractivity contribution in [3.8, 4) is 0 Å². The molecule has 1 N–H and O–H groups in total. The van der Waals surface area contributed by atoms with Crippen LogP contribution in [-0.2, 0) is 0 Å². The molecular weight excluding hydrogens is 255 g/mol. The average Bonchev–Trinajstić information content (AvgIpc) is 2.78. The van der Waals surface area contributed by atoms with Crippen LogP contribution in [0.15, 0.2) is 29.4 Å². The lowest BCUT2D eigenvalue weighted by Crippen LogP contribution is -2.19. The van der Waals surface area contributed by atoms with Crippen LogP contribution in [0.3, 0.4) is 0 Å². The molecule has 0 aliphatic carbocycles. The molecule has 18 heavy (non-hydrogen) atoms. The minimum absolute atomic E-state index is 0.227. The van der Waals surface area contributed by atoms with Gasteiger partial charge in [0.1, 0.15) is 5.82 Å². The molecule has 0 saturated heterocycles. The summed E-state index contributed by atoms with van der Waals surface area (Å²) in [4.78, 5) is 12.3. The van der Waals surface area contributed by atoms with Crippen molar-refractivity contribution in [2.45, 2.75) is 6.92 Å². The molecule has 0 unspecified atom stereocenters. The number of hydrazone groups is 1. The standard InChI is InChI=1S/C11H9FN4OS/c1-7-10(14-16-18-7)11(17)15-13-6-8-4-2-3-5-9(8)12/h2-6H,1H3,(H,15,17). The number of aromatic nitrogens is 2. The number of carbonyl (C=O) groups is 1. The van der Waals surface area contributed by atoms with Crippen molar-refractivity contribution >= 4 is 23.7 Å². The summed E-state index contributed by atoms with van der Waals surface area (Å²) in [5, 5.41) is 7.34. The van der Waals surface area contributed by atoms with E-state index in [4.69, 9.17) is 0 Å². The average molecular weight is 264 g/mol. The molecule has 5 nitrogen and oxygen atoms in total. The minimum Gasteiger partial charge on any atom is -0.265 e. The third kappa shape index (κ3) is 2.75. The summed E-state index contributed by atoms with van der Waals surface area (Å²) in [5.74, 6) is -0.865. The van der Waals surface area contributed by atoms with E-state index in [9.17, 15) is 9.18 Å². The predicted octanol–water partition coefficient (Wildman–Crippen LogP) is 1.75. The fraction of sp³-hybridized carbons (Fsp3) is 0.0909. The van der Waals surface area contributed by atoms with E-state index in [0.29, 0.717) is 10.4 Å². The summed E-state index contributed by atoms with van der Waals surface area (Å²) in [6.45, 7) is 1.74. The van der Waals surface area contributed by atoms with Gasteiger partial charge >= 0.3 is 0 Å². The lowest BCUT2D eigenvalue weighted by atomic mass is 10.2. The number of aryl methyl sites for hydroxylation is 1. The second-order valence-electron chi connectivity index (χ2n) is 3.40. The Bertz CT molecular complexity index is 596. The Morgan fingerprint density at radius 3 is 2.94 bits per heavy atom. The molecule has 0 aliphatic heterocycles. The molecule has 1 aromatic heterocycles. The van der Waals surface area contributed by atoms with Gasteiger partial charge in [-0.15, -0.1) is 5.10 Å². The fourth-order valence-electron chi connectivity index (χ4n) is 1.23. The molecule has 0 bridgehead atoms. The monoisotopic (exact) mass is 264 g/mol. The molecule has 7 heteroatoms. The third-order valence-electron chi connectivity index (χ3n) is 2.14. The first-order valence-electron chi connectivity index (χ1n) is 5.05. The zero-order chi connectivity index (χ0) is 13.0. The summed E-state index contributed by atoms with van der Waals surface area (Å²) >= 11 is 1.13. The van der Waals surface area contributed by atoms with Gasteiger partial charge in [-0.1, -0.05) is 22.7 Å². The first-order valence-corrected chi connectivity index (χ1v) is 5.82. The Kier molecular flexibility index (Phi) is 3.73. The van der Waals surface area contributed by atoms with Crippen LogP contribution in [0.2, 0.25) is 0 Å². The maximum absolute atomic E-state index is 13.2. The number of nitrogens with one attached hydrogen (secondary N) is 1. The number of halogens is 1. The fourth-order valence-corrected chi connectivity index (χ4v) is 1.70. The lowest BCUT2D eigenvalue weighted by molar-refractivity contribution is 0.0949. The second kappa shape index (κ2) is 5.46. The Balaban J connectivity index is 2.03. The molecule has 2 aromatic rings. The number of benzene rings is 1. The van der Waals surface area contributed by atoms with E-state index in [1.165, 1.54) is 12.3 Å². The molecule has 0 spiro atoms. The van der Waals surface area contributed by atoms with Gasteiger partial charge in [-0.05, 0) is 24.5 Å². The van der Waals surface area contributed by atoms with E-state index in [1.54, 1.807) is 25.1 Å². The molecule has 0 saturated carbocycles. The van der Waals surface area contributed by atoms with E-state index in [0.717, 1.165) is 11.5 Å². The Labute approximate surface area is 107 Å². The van der Waals surface area contributed by atoms with Gasteiger partial charge in [0.15, 0.2) is 5.69 Å². The molecule has 0 atom stereocenters. The van der Waals surface area contributed by atoms with E-state index in [1.807, 2.05) is 0 Å². The summed E-state index contributed by atoms with van der Waals surface area (Å²) in [7, 11) is 0. The molecule has 0 aliphatic rings. The van der Waals surface area contributed by atoms with Gasteiger partial charge in [-0.2, -0.15) is 5.10 Å². The number of hydrogen-bond acceptors (Lipinski definition) is 5. The Hall–Kier alpha value is -2.15. The largest absolute Gasteiger partial charge is 0.293 e. The van der Waals surface area contributed by atoms with Gasteiger partial charge in [0, 0.05) is 5.56 Å². The van der Waals surface area contributed by atoms with Crippen LogP contribution >= 0.6 is 11.5 Å². The van der Waals surface area contributed by atoms with Gasteiger partial charge < -0.3 is 0 Å². The van der Waals surface area contributed by atoms with Gasteiger partial charge in [-0.25, -0.2) is 9.82 Å². The highest BCUT2D eigenvalue weighted by Crippen LogP contribution is 2.07. The molecular formula is C11H9FN4OS. The first kappa shape index (κ1) is 12.3. The zero-order valence-electron chi connectivity index (χ0n) is 9.42. The van der Waals surface area contributed by atoms with Crippen molar-refractivity contribution in [3.63, 3.8) is 0 Å². The smallest absolute Gasteiger partial charge is 0.265 e. The minimum atomic E-state index is -0.464. The quantitative estimate of drug-likeness (QED) is 0.678. The van der Waals surface area contributed by atoms with Gasteiger partial charge in [0.2, 0.25) is 0 Å². The SMILES string of the molecule is Cc1snnc1C(=O)NN=Cc1ccccc1F. The van der Waals surface area contributed by atoms with Crippen LogP contribution < -0.4 is 5.43 Å². The predicted molar refractivity (Wildman–Crippen MR) is 66.1 cm³/mol. The van der Waals surface area contributed by atoms with Crippen molar-refractivity contribution < 1.29 is 9.18 Å². The Morgan fingerprint density at radius 1 is 1.50 bits per heavy atom. The molecule has 92 valence electrons. The number of rotatable bonds is 3. The van der Waals surface area contributed by atoms with Gasteiger partial charge in [0.25, 0.3) is 5.91 Å². The van der Waals surface area contributed by atoms with Crippen LogP contribution in [-0.4, -0.2) is 21.7 Å². The molecule has 1 heterocycles.